The summed E-state index contributed by atoms with van der Waals surface area (Å²) in [5.41, 5.74) is -0.759. The Kier molecular flexibility index (Phi) is 3.84. The molecule has 1 aliphatic heterocycles. The Labute approximate surface area is 126 Å². The number of rotatable bonds is 3. The third-order valence-corrected chi connectivity index (χ3v) is 6.87. The van der Waals surface area contributed by atoms with Crippen molar-refractivity contribution < 1.29 is 18.2 Å². The van der Waals surface area contributed by atoms with Gasteiger partial charge in [0.2, 0.25) is 0 Å². The molecule has 2 bridgehead atoms. The molecule has 2 fully saturated rings. The number of hydrogen-bond donors (Lipinski definition) is 0. The van der Waals surface area contributed by atoms with Crippen LogP contribution in [-0.2, 0) is 19.6 Å². The molecule has 0 spiro atoms. The third-order valence-electron chi connectivity index (χ3n) is 4.93. The zero-order chi connectivity index (χ0) is 15.1. The van der Waals surface area contributed by atoms with Crippen LogP contribution in [0.1, 0.15) is 33.1 Å². The summed E-state index contributed by atoms with van der Waals surface area (Å²) in [4.78, 5) is 11.4. The quantitative estimate of drug-likeness (QED) is 0.805. The van der Waals surface area contributed by atoms with Crippen molar-refractivity contribution in [3.05, 3.63) is 30.3 Å². The molecule has 0 aromatic heterocycles. The normalized spacial score (nSPS) is 36.4. The second-order valence-corrected chi connectivity index (χ2v) is 8.58. The van der Waals surface area contributed by atoms with Gasteiger partial charge in [-0.2, -0.15) is 0 Å². The van der Waals surface area contributed by atoms with Gasteiger partial charge in [0.1, 0.15) is 5.60 Å². The third kappa shape index (κ3) is 2.87. The second-order valence-electron chi connectivity index (χ2n) is 6.59. The standard InChI is InChI=1S/C16H22O4S/c1-12-8-9-13-10-15(12)19-20-16(13,2)11-21(17,18)14-6-4-3-5-7-14/h3-7,12-13,15H,8-11H2,1-2H3. The molecule has 1 aromatic carbocycles. The molecule has 1 aliphatic carbocycles. The summed E-state index contributed by atoms with van der Waals surface area (Å²) in [5.74, 6) is 0.693. The van der Waals surface area contributed by atoms with Gasteiger partial charge in [0.15, 0.2) is 9.84 Å². The van der Waals surface area contributed by atoms with Crippen molar-refractivity contribution in [2.75, 3.05) is 5.75 Å². The molecule has 0 amide bonds. The highest BCUT2D eigenvalue weighted by atomic mass is 32.2. The lowest BCUT2D eigenvalue weighted by Gasteiger charge is -2.47. The van der Waals surface area contributed by atoms with Crippen LogP contribution in [0.25, 0.3) is 0 Å². The summed E-state index contributed by atoms with van der Waals surface area (Å²) in [6.07, 6.45) is 3.07. The Morgan fingerprint density at radius 1 is 1.24 bits per heavy atom. The number of hydrogen-bond acceptors (Lipinski definition) is 4. The monoisotopic (exact) mass is 310 g/mol. The molecule has 1 heterocycles. The van der Waals surface area contributed by atoms with E-state index in [0.717, 1.165) is 19.3 Å². The molecule has 3 rings (SSSR count). The fraction of sp³-hybridized carbons (Fsp3) is 0.625. The van der Waals surface area contributed by atoms with Crippen LogP contribution >= 0.6 is 0 Å². The van der Waals surface area contributed by atoms with E-state index >= 15 is 0 Å². The molecule has 21 heavy (non-hydrogen) atoms. The van der Waals surface area contributed by atoms with Crippen LogP contribution in [0, 0.1) is 11.8 Å². The summed E-state index contributed by atoms with van der Waals surface area (Å²) in [6.45, 7) is 4.03. The molecule has 1 aromatic rings. The fourth-order valence-corrected chi connectivity index (χ4v) is 5.22. The van der Waals surface area contributed by atoms with E-state index in [1.807, 2.05) is 13.0 Å². The first-order valence-corrected chi connectivity index (χ1v) is 9.18. The van der Waals surface area contributed by atoms with Crippen LogP contribution in [0.4, 0.5) is 0 Å². The van der Waals surface area contributed by atoms with Crippen LogP contribution < -0.4 is 0 Å². The number of fused-ring (bicyclic) bond motifs is 2. The smallest absolute Gasteiger partial charge is 0.181 e. The van der Waals surface area contributed by atoms with E-state index in [0.29, 0.717) is 10.8 Å². The van der Waals surface area contributed by atoms with Crippen LogP contribution in [0.15, 0.2) is 35.2 Å². The highest BCUT2D eigenvalue weighted by Crippen LogP contribution is 2.44. The molecular formula is C16H22O4S. The van der Waals surface area contributed by atoms with Crippen LogP contribution in [-0.4, -0.2) is 25.9 Å². The molecule has 4 atom stereocenters. The second kappa shape index (κ2) is 5.38. The molecule has 2 aliphatic rings. The number of benzene rings is 1. The maximum absolute atomic E-state index is 12.6. The first-order chi connectivity index (χ1) is 9.91. The maximum atomic E-state index is 12.6. The van der Waals surface area contributed by atoms with E-state index in [1.165, 1.54) is 0 Å². The van der Waals surface area contributed by atoms with E-state index in [2.05, 4.69) is 6.92 Å². The predicted octanol–water partition coefficient (Wildman–Crippen LogP) is 2.99. The summed E-state index contributed by atoms with van der Waals surface area (Å²) in [6, 6.07) is 8.56. The van der Waals surface area contributed by atoms with E-state index in [9.17, 15) is 8.42 Å². The molecule has 5 heteroatoms. The highest BCUT2D eigenvalue weighted by molar-refractivity contribution is 7.91. The van der Waals surface area contributed by atoms with Crippen molar-refractivity contribution in [1.29, 1.82) is 0 Å². The van der Waals surface area contributed by atoms with Gasteiger partial charge in [-0.1, -0.05) is 25.1 Å². The molecular weight excluding hydrogens is 288 g/mol. The summed E-state index contributed by atoms with van der Waals surface area (Å²) in [7, 11) is -3.37. The van der Waals surface area contributed by atoms with Gasteiger partial charge < -0.3 is 0 Å². The van der Waals surface area contributed by atoms with Gasteiger partial charge in [0.05, 0.1) is 16.8 Å². The van der Waals surface area contributed by atoms with Gasteiger partial charge >= 0.3 is 0 Å². The van der Waals surface area contributed by atoms with E-state index < -0.39 is 15.4 Å². The summed E-state index contributed by atoms with van der Waals surface area (Å²) < 4.78 is 25.2. The van der Waals surface area contributed by atoms with Gasteiger partial charge in [-0.3, -0.25) is 0 Å². The SMILES string of the molecule is CC1CCC2CC1OOC2(C)CS(=O)(=O)c1ccccc1. The molecule has 1 saturated carbocycles. The van der Waals surface area contributed by atoms with Crippen LogP contribution in [0.3, 0.4) is 0 Å². The Bertz CT molecular complexity index is 598. The highest BCUT2D eigenvalue weighted by Gasteiger charge is 2.49. The van der Waals surface area contributed by atoms with Gasteiger partial charge in [-0.05, 0) is 50.2 Å². The van der Waals surface area contributed by atoms with Crippen LogP contribution in [0.5, 0.6) is 0 Å². The topological polar surface area (TPSA) is 52.6 Å². The Morgan fingerprint density at radius 3 is 2.67 bits per heavy atom. The Morgan fingerprint density at radius 2 is 1.95 bits per heavy atom. The lowest BCUT2D eigenvalue weighted by Crippen LogP contribution is -2.53. The summed E-state index contributed by atoms with van der Waals surface area (Å²) in [5, 5.41) is 0. The first kappa shape index (κ1) is 15.0. The minimum atomic E-state index is -3.37. The van der Waals surface area contributed by atoms with Crippen molar-refractivity contribution in [2.24, 2.45) is 11.8 Å². The molecule has 0 radical (unpaired) electrons. The van der Waals surface area contributed by atoms with Gasteiger partial charge in [0, 0.05) is 0 Å². The zero-order valence-corrected chi connectivity index (χ0v) is 13.3. The van der Waals surface area contributed by atoms with Crippen LogP contribution in [0.2, 0.25) is 0 Å². The predicted molar refractivity (Wildman–Crippen MR) is 79.4 cm³/mol. The van der Waals surface area contributed by atoms with Crippen molar-refractivity contribution in [2.45, 2.75) is 49.7 Å². The Hall–Kier alpha value is -0.910. The maximum Gasteiger partial charge on any atom is 0.181 e. The molecule has 4 unspecified atom stereocenters. The minimum absolute atomic E-state index is 0.0320. The van der Waals surface area contributed by atoms with E-state index in [-0.39, 0.29) is 17.8 Å². The summed E-state index contributed by atoms with van der Waals surface area (Å²) >= 11 is 0. The zero-order valence-electron chi connectivity index (χ0n) is 12.5. The lowest BCUT2D eigenvalue weighted by atomic mass is 9.73. The fourth-order valence-electron chi connectivity index (χ4n) is 3.44. The Balaban J connectivity index is 1.81. The number of sulfone groups is 1. The van der Waals surface area contributed by atoms with Crippen molar-refractivity contribution >= 4 is 9.84 Å². The minimum Gasteiger partial charge on any atom is -0.232 e. The largest absolute Gasteiger partial charge is 0.232 e. The first-order valence-electron chi connectivity index (χ1n) is 7.53. The van der Waals surface area contributed by atoms with Crippen molar-refractivity contribution in [3.63, 3.8) is 0 Å². The molecule has 1 saturated heterocycles. The van der Waals surface area contributed by atoms with E-state index in [1.54, 1.807) is 24.3 Å². The average molecular weight is 310 g/mol. The van der Waals surface area contributed by atoms with Crippen molar-refractivity contribution in [1.82, 2.24) is 0 Å². The van der Waals surface area contributed by atoms with Gasteiger partial charge in [0.25, 0.3) is 0 Å². The average Bonchev–Trinajstić information content (AvgIpc) is 2.46. The van der Waals surface area contributed by atoms with E-state index in [4.69, 9.17) is 9.78 Å². The van der Waals surface area contributed by atoms with Gasteiger partial charge in [-0.15, -0.1) is 0 Å². The molecule has 4 nitrogen and oxygen atoms in total. The van der Waals surface area contributed by atoms with Crippen molar-refractivity contribution in [3.8, 4) is 0 Å². The molecule has 116 valence electrons. The lowest BCUT2D eigenvalue weighted by molar-refractivity contribution is -0.427. The molecule has 0 N–H and O–H groups in total. The van der Waals surface area contributed by atoms with Gasteiger partial charge in [-0.25, -0.2) is 18.2 Å².